The number of nitrogens with one attached hydrogen (secondary N) is 1. The minimum Gasteiger partial charge on any atom is -0.504 e. The number of carbonyl (C=O) groups is 2. The number of benzene rings is 2. The average Bonchev–Trinajstić information content (AvgIpc) is 2.92. The fraction of sp³-hybridized carbons (Fsp3) is 0.448. The van der Waals surface area contributed by atoms with Gasteiger partial charge >= 0.3 is 11.9 Å². The van der Waals surface area contributed by atoms with Crippen LogP contribution in [0.4, 0.5) is 0 Å². The molecule has 0 spiro atoms. The molecule has 216 valence electrons. The number of hydrogen-bond donors (Lipinski definition) is 5. The molecule has 4 rings (SSSR count). The molecule has 2 aliphatic heterocycles. The van der Waals surface area contributed by atoms with Crippen molar-refractivity contribution in [2.24, 2.45) is 0 Å². The van der Waals surface area contributed by atoms with Crippen molar-refractivity contribution in [3.05, 3.63) is 64.7 Å². The molecule has 0 amide bonds. The van der Waals surface area contributed by atoms with Crippen molar-refractivity contribution in [2.75, 3.05) is 26.8 Å². The largest absolute Gasteiger partial charge is 0.504 e. The summed E-state index contributed by atoms with van der Waals surface area (Å²) in [6, 6.07) is 12.2. The van der Waals surface area contributed by atoms with Gasteiger partial charge in [-0.15, -0.1) is 0 Å². The lowest BCUT2D eigenvalue weighted by atomic mass is 9.89. The molecule has 2 bridgehead atoms. The fourth-order valence-electron chi connectivity index (χ4n) is 4.98. The molecule has 40 heavy (non-hydrogen) atoms. The number of aromatic hydroxyl groups is 1. The van der Waals surface area contributed by atoms with Gasteiger partial charge in [0.15, 0.2) is 23.7 Å². The van der Waals surface area contributed by atoms with Crippen LogP contribution in [0.2, 0.25) is 0 Å². The zero-order valence-corrected chi connectivity index (χ0v) is 22.4. The van der Waals surface area contributed by atoms with Crippen molar-refractivity contribution in [1.82, 2.24) is 5.32 Å². The molecule has 2 aliphatic rings. The number of methoxy groups -OCH3 is 1. The SMILES string of the molecule is COc1cc(C=C(CCc2cccc(CCO)c2)C(=O)OC2C(OC(C)=O)C(O)C3CNCC2(O)O3)ccc1O. The van der Waals surface area contributed by atoms with Crippen molar-refractivity contribution < 1.29 is 49.0 Å². The summed E-state index contributed by atoms with van der Waals surface area (Å²) in [6.45, 7) is 1.28. The first-order chi connectivity index (χ1) is 19.1. The minimum atomic E-state index is -2.04. The van der Waals surface area contributed by atoms with Crippen molar-refractivity contribution >= 4 is 18.0 Å². The van der Waals surface area contributed by atoms with E-state index in [2.05, 4.69) is 5.32 Å². The molecule has 11 nitrogen and oxygen atoms in total. The summed E-state index contributed by atoms with van der Waals surface area (Å²) in [7, 11) is 1.41. The molecule has 0 saturated carbocycles. The van der Waals surface area contributed by atoms with Gasteiger partial charge in [0.2, 0.25) is 5.79 Å². The predicted molar refractivity (Wildman–Crippen MR) is 142 cm³/mol. The second kappa shape index (κ2) is 12.8. The number of fused-ring (bicyclic) bond motifs is 2. The van der Waals surface area contributed by atoms with Gasteiger partial charge in [-0.3, -0.25) is 4.79 Å². The molecule has 5 N–H and O–H groups in total. The third-order valence-electron chi connectivity index (χ3n) is 6.96. The number of esters is 2. The number of β-amino-alcohol motifs (C(OH)–C–C–N with tert-alkyl or cyclic N) is 1. The van der Waals surface area contributed by atoms with Crippen LogP contribution in [0.5, 0.6) is 11.5 Å². The monoisotopic (exact) mass is 557 g/mol. The van der Waals surface area contributed by atoms with E-state index in [1.807, 2.05) is 24.3 Å². The minimum absolute atomic E-state index is 0.0149. The number of aliphatic hydroxyl groups excluding tert-OH is 2. The van der Waals surface area contributed by atoms with Gasteiger partial charge in [-0.25, -0.2) is 4.79 Å². The van der Waals surface area contributed by atoms with Crippen LogP contribution in [0, 0.1) is 0 Å². The van der Waals surface area contributed by atoms with Gasteiger partial charge in [-0.1, -0.05) is 30.3 Å². The van der Waals surface area contributed by atoms with Gasteiger partial charge in [-0.2, -0.15) is 0 Å². The Bertz CT molecular complexity index is 1250. The molecule has 2 saturated heterocycles. The standard InChI is InChI=1S/C29H35NO10/c1-17(32)38-26-25(34)24-15-30-16-29(36,40-24)27(26)39-28(35)21(13-20-7-9-22(33)23(14-20)37-2)8-6-18-4-3-5-19(12-18)10-11-31/h3-5,7,9,12-14,24-27,30-31,33-34,36H,6,8,10-11,15-16H2,1-2H3. The van der Waals surface area contributed by atoms with Crippen LogP contribution >= 0.6 is 0 Å². The first-order valence-electron chi connectivity index (χ1n) is 13.1. The molecule has 0 radical (unpaired) electrons. The zero-order valence-electron chi connectivity index (χ0n) is 22.4. The number of aryl methyl sites for hydroxylation is 1. The molecule has 11 heteroatoms. The molecule has 0 aromatic heterocycles. The van der Waals surface area contributed by atoms with E-state index in [9.17, 15) is 30.0 Å². The lowest BCUT2D eigenvalue weighted by Crippen LogP contribution is -2.73. The summed E-state index contributed by atoms with van der Waals surface area (Å²) < 4.78 is 21.9. The van der Waals surface area contributed by atoms with E-state index in [0.29, 0.717) is 18.4 Å². The molecule has 5 unspecified atom stereocenters. The smallest absolute Gasteiger partial charge is 0.334 e. The number of ether oxygens (including phenoxy) is 4. The molecule has 2 heterocycles. The van der Waals surface area contributed by atoms with Gasteiger partial charge in [0.1, 0.15) is 12.2 Å². The normalized spacial score (nSPS) is 26.2. The Morgan fingerprint density at radius 2 is 1.90 bits per heavy atom. The lowest BCUT2D eigenvalue weighted by molar-refractivity contribution is -0.355. The Morgan fingerprint density at radius 3 is 2.60 bits per heavy atom. The Kier molecular flexibility index (Phi) is 9.44. The fourth-order valence-corrected chi connectivity index (χ4v) is 4.98. The number of phenolic OH excluding ortho intramolecular Hbond substituents is 1. The number of carbonyl (C=O) groups excluding carboxylic acids is 2. The van der Waals surface area contributed by atoms with Crippen LogP contribution in [0.3, 0.4) is 0 Å². The molecular weight excluding hydrogens is 522 g/mol. The number of morpholine rings is 1. The first kappa shape index (κ1) is 29.5. The van der Waals surface area contributed by atoms with Gasteiger partial charge in [0, 0.05) is 25.6 Å². The number of aliphatic hydroxyl groups is 3. The zero-order chi connectivity index (χ0) is 28.9. The summed E-state index contributed by atoms with van der Waals surface area (Å²) in [5.41, 5.74) is 2.65. The second-order valence-corrected chi connectivity index (χ2v) is 9.92. The summed E-state index contributed by atoms with van der Waals surface area (Å²) in [5, 5.41) is 44.2. The van der Waals surface area contributed by atoms with Crippen LogP contribution < -0.4 is 10.1 Å². The summed E-state index contributed by atoms with van der Waals surface area (Å²) in [4.78, 5) is 25.5. The van der Waals surface area contributed by atoms with Crippen molar-refractivity contribution in [1.29, 1.82) is 0 Å². The molecule has 5 atom stereocenters. The van der Waals surface area contributed by atoms with E-state index in [1.165, 1.54) is 13.2 Å². The Balaban J connectivity index is 1.64. The maximum atomic E-state index is 13.7. The quantitative estimate of drug-likeness (QED) is 0.208. The Morgan fingerprint density at radius 1 is 1.15 bits per heavy atom. The molecule has 0 aliphatic carbocycles. The van der Waals surface area contributed by atoms with E-state index in [0.717, 1.165) is 18.1 Å². The van der Waals surface area contributed by atoms with Gasteiger partial charge in [-0.05, 0) is 54.2 Å². The Labute approximate surface area is 231 Å². The number of phenols is 1. The average molecular weight is 558 g/mol. The highest BCUT2D eigenvalue weighted by Crippen LogP contribution is 2.35. The van der Waals surface area contributed by atoms with E-state index in [1.54, 1.807) is 18.2 Å². The highest BCUT2D eigenvalue weighted by Gasteiger charge is 2.59. The van der Waals surface area contributed by atoms with E-state index in [4.69, 9.17) is 18.9 Å². The Hall–Kier alpha value is -3.48. The molecule has 2 aromatic rings. The highest BCUT2D eigenvalue weighted by molar-refractivity contribution is 5.94. The van der Waals surface area contributed by atoms with Gasteiger partial charge in [0.25, 0.3) is 0 Å². The van der Waals surface area contributed by atoms with E-state index >= 15 is 0 Å². The third kappa shape index (κ3) is 6.80. The maximum absolute atomic E-state index is 13.7. The summed E-state index contributed by atoms with van der Waals surface area (Å²) >= 11 is 0. The van der Waals surface area contributed by atoms with Crippen LogP contribution in [-0.4, -0.2) is 89.4 Å². The van der Waals surface area contributed by atoms with Gasteiger partial charge in [0.05, 0.1) is 13.7 Å². The molecule has 2 fully saturated rings. The lowest BCUT2D eigenvalue weighted by Gasteiger charge is -2.51. The maximum Gasteiger partial charge on any atom is 0.334 e. The van der Waals surface area contributed by atoms with Crippen LogP contribution in [0.1, 0.15) is 30.0 Å². The van der Waals surface area contributed by atoms with E-state index in [-0.39, 0.29) is 43.2 Å². The van der Waals surface area contributed by atoms with Crippen molar-refractivity contribution in [3.8, 4) is 11.5 Å². The highest BCUT2D eigenvalue weighted by atomic mass is 16.7. The molecule has 2 aromatic carbocycles. The molecular formula is C29H35NO10. The van der Waals surface area contributed by atoms with E-state index < -0.39 is 42.1 Å². The van der Waals surface area contributed by atoms with Crippen molar-refractivity contribution in [2.45, 2.75) is 56.4 Å². The summed E-state index contributed by atoms with van der Waals surface area (Å²) in [6.07, 6.45) is -2.35. The van der Waals surface area contributed by atoms with Crippen LogP contribution in [-0.2, 0) is 36.6 Å². The first-order valence-corrected chi connectivity index (χ1v) is 13.1. The third-order valence-corrected chi connectivity index (χ3v) is 6.96. The van der Waals surface area contributed by atoms with Crippen LogP contribution in [0.25, 0.3) is 6.08 Å². The second-order valence-electron chi connectivity index (χ2n) is 9.92. The van der Waals surface area contributed by atoms with Gasteiger partial charge < -0.3 is 44.7 Å². The van der Waals surface area contributed by atoms with Crippen molar-refractivity contribution in [3.63, 3.8) is 0 Å². The topological polar surface area (TPSA) is 164 Å². The number of rotatable bonds is 10. The summed E-state index contributed by atoms with van der Waals surface area (Å²) in [5.74, 6) is -3.41. The predicted octanol–water partition coefficient (Wildman–Crippen LogP) is 0.847. The number of hydrogen-bond acceptors (Lipinski definition) is 11. The van der Waals surface area contributed by atoms with Crippen LogP contribution in [0.15, 0.2) is 48.0 Å².